The summed E-state index contributed by atoms with van der Waals surface area (Å²) < 4.78 is 1.98. The third kappa shape index (κ3) is 2.78. The van der Waals surface area contributed by atoms with Crippen molar-refractivity contribution < 1.29 is 4.79 Å². The standard InChI is InChI=1S/C18H16N2OS/c1-13-16(14-9-5-3-6-10-14)20(2)18(22-13)19-17(21)15-11-7-4-8-12-15/h3-12H,1-2H3. The Labute approximate surface area is 133 Å². The lowest BCUT2D eigenvalue weighted by Crippen LogP contribution is -2.14. The van der Waals surface area contributed by atoms with Gasteiger partial charge in [-0.2, -0.15) is 4.99 Å². The molecule has 0 aliphatic rings. The lowest BCUT2D eigenvalue weighted by atomic mass is 10.1. The molecule has 0 spiro atoms. The van der Waals surface area contributed by atoms with Crippen molar-refractivity contribution in [3.8, 4) is 11.3 Å². The molecule has 3 rings (SSSR count). The van der Waals surface area contributed by atoms with Crippen LogP contribution in [0.1, 0.15) is 15.2 Å². The maximum absolute atomic E-state index is 12.3. The molecule has 0 aliphatic carbocycles. The number of nitrogens with zero attached hydrogens (tertiary/aromatic N) is 2. The molecule has 1 heterocycles. The summed E-state index contributed by atoms with van der Waals surface area (Å²) >= 11 is 1.53. The molecule has 0 radical (unpaired) electrons. The number of thiazole rings is 1. The van der Waals surface area contributed by atoms with Crippen molar-refractivity contribution in [3.63, 3.8) is 0 Å². The lowest BCUT2D eigenvalue weighted by molar-refractivity contribution is 0.0998. The average Bonchev–Trinajstić information content (AvgIpc) is 2.83. The van der Waals surface area contributed by atoms with Crippen molar-refractivity contribution in [1.82, 2.24) is 4.57 Å². The van der Waals surface area contributed by atoms with Crippen LogP contribution in [0.15, 0.2) is 65.7 Å². The molecule has 0 unspecified atom stereocenters. The lowest BCUT2D eigenvalue weighted by Gasteiger charge is -2.04. The van der Waals surface area contributed by atoms with Gasteiger partial charge < -0.3 is 4.57 Å². The fraction of sp³-hybridized carbons (Fsp3) is 0.111. The predicted octanol–water partition coefficient (Wildman–Crippen LogP) is 3.80. The number of hydrogen-bond acceptors (Lipinski definition) is 2. The number of amides is 1. The molecule has 0 saturated carbocycles. The van der Waals surface area contributed by atoms with Gasteiger partial charge in [-0.15, -0.1) is 11.3 Å². The first-order valence-electron chi connectivity index (χ1n) is 7.03. The van der Waals surface area contributed by atoms with Crippen LogP contribution in [0, 0.1) is 6.92 Å². The van der Waals surface area contributed by atoms with Gasteiger partial charge >= 0.3 is 0 Å². The Kier molecular flexibility index (Phi) is 4.02. The number of benzene rings is 2. The van der Waals surface area contributed by atoms with Gasteiger partial charge in [0.15, 0.2) is 4.80 Å². The second-order valence-electron chi connectivity index (χ2n) is 5.00. The van der Waals surface area contributed by atoms with E-state index < -0.39 is 0 Å². The van der Waals surface area contributed by atoms with Crippen LogP contribution in [0.5, 0.6) is 0 Å². The Balaban J connectivity index is 2.07. The second-order valence-corrected chi connectivity index (χ2v) is 6.18. The summed E-state index contributed by atoms with van der Waals surface area (Å²) in [5, 5.41) is 0. The first-order valence-corrected chi connectivity index (χ1v) is 7.84. The molecule has 0 bridgehead atoms. The van der Waals surface area contributed by atoms with Crippen molar-refractivity contribution >= 4 is 17.2 Å². The maximum atomic E-state index is 12.3. The van der Waals surface area contributed by atoms with Crippen molar-refractivity contribution in [3.05, 3.63) is 75.9 Å². The zero-order valence-electron chi connectivity index (χ0n) is 12.5. The predicted molar refractivity (Wildman–Crippen MR) is 89.8 cm³/mol. The van der Waals surface area contributed by atoms with E-state index >= 15 is 0 Å². The molecule has 1 aromatic heterocycles. The van der Waals surface area contributed by atoms with E-state index in [9.17, 15) is 4.79 Å². The van der Waals surface area contributed by atoms with Gasteiger partial charge in [-0.05, 0) is 24.6 Å². The molecule has 3 aromatic rings. The average molecular weight is 308 g/mol. The molecule has 1 amide bonds. The number of carbonyl (C=O) groups excluding carboxylic acids is 1. The molecule has 0 aliphatic heterocycles. The summed E-state index contributed by atoms with van der Waals surface area (Å²) in [4.78, 5) is 18.4. The number of aromatic nitrogens is 1. The van der Waals surface area contributed by atoms with Gasteiger partial charge in [0, 0.05) is 17.5 Å². The van der Waals surface area contributed by atoms with Crippen LogP contribution in [0.4, 0.5) is 0 Å². The summed E-state index contributed by atoms with van der Waals surface area (Å²) in [6.07, 6.45) is 0. The number of carbonyl (C=O) groups is 1. The Morgan fingerprint density at radius 1 is 1.00 bits per heavy atom. The van der Waals surface area contributed by atoms with E-state index in [2.05, 4.69) is 24.0 Å². The van der Waals surface area contributed by atoms with E-state index in [0.717, 1.165) is 16.1 Å². The molecular formula is C18H16N2OS. The molecule has 0 atom stereocenters. The monoisotopic (exact) mass is 308 g/mol. The van der Waals surface area contributed by atoms with Crippen LogP contribution in [0.3, 0.4) is 0 Å². The van der Waals surface area contributed by atoms with Crippen molar-refractivity contribution in [2.24, 2.45) is 12.0 Å². The Morgan fingerprint density at radius 2 is 1.59 bits per heavy atom. The highest BCUT2D eigenvalue weighted by Crippen LogP contribution is 2.23. The van der Waals surface area contributed by atoms with E-state index in [-0.39, 0.29) is 5.91 Å². The highest BCUT2D eigenvalue weighted by molar-refractivity contribution is 7.09. The summed E-state index contributed by atoms with van der Waals surface area (Å²) in [7, 11) is 1.95. The minimum Gasteiger partial charge on any atom is -0.319 e. The third-order valence-corrected chi connectivity index (χ3v) is 4.51. The summed E-state index contributed by atoms with van der Waals surface area (Å²) in [5.74, 6) is -0.211. The number of aryl methyl sites for hydroxylation is 1. The zero-order chi connectivity index (χ0) is 15.5. The number of hydrogen-bond donors (Lipinski definition) is 0. The molecule has 2 aromatic carbocycles. The van der Waals surface area contributed by atoms with E-state index in [4.69, 9.17) is 0 Å². The van der Waals surface area contributed by atoms with Crippen LogP contribution in [0.25, 0.3) is 11.3 Å². The zero-order valence-corrected chi connectivity index (χ0v) is 13.3. The van der Waals surface area contributed by atoms with E-state index in [1.54, 1.807) is 12.1 Å². The van der Waals surface area contributed by atoms with E-state index in [0.29, 0.717) is 10.4 Å². The molecular weight excluding hydrogens is 292 g/mol. The fourth-order valence-electron chi connectivity index (χ4n) is 2.41. The smallest absolute Gasteiger partial charge is 0.279 e. The van der Waals surface area contributed by atoms with Crippen LogP contribution < -0.4 is 4.80 Å². The molecule has 4 heteroatoms. The first kappa shape index (κ1) is 14.5. The van der Waals surface area contributed by atoms with Gasteiger partial charge in [-0.1, -0.05) is 48.5 Å². The van der Waals surface area contributed by atoms with Gasteiger partial charge in [-0.3, -0.25) is 4.79 Å². The molecule has 0 N–H and O–H groups in total. The van der Waals surface area contributed by atoms with E-state index in [1.807, 2.05) is 48.0 Å². The quantitative estimate of drug-likeness (QED) is 0.709. The van der Waals surface area contributed by atoms with Gasteiger partial charge in [-0.25, -0.2) is 0 Å². The normalized spacial score (nSPS) is 11.6. The Morgan fingerprint density at radius 3 is 2.23 bits per heavy atom. The Hall–Kier alpha value is -2.46. The largest absolute Gasteiger partial charge is 0.319 e. The van der Waals surface area contributed by atoms with Crippen LogP contribution >= 0.6 is 11.3 Å². The highest BCUT2D eigenvalue weighted by Gasteiger charge is 2.11. The Bertz CT molecular complexity index is 861. The molecule has 22 heavy (non-hydrogen) atoms. The third-order valence-electron chi connectivity index (χ3n) is 3.47. The van der Waals surface area contributed by atoms with Crippen molar-refractivity contribution in [1.29, 1.82) is 0 Å². The molecule has 0 fully saturated rings. The summed E-state index contributed by atoms with van der Waals surface area (Å²) in [5.41, 5.74) is 2.84. The minimum atomic E-state index is -0.211. The summed E-state index contributed by atoms with van der Waals surface area (Å²) in [6.45, 7) is 2.05. The van der Waals surface area contributed by atoms with Crippen LogP contribution in [-0.4, -0.2) is 10.5 Å². The van der Waals surface area contributed by atoms with Gasteiger partial charge in [0.25, 0.3) is 5.91 Å². The fourth-order valence-corrected chi connectivity index (χ4v) is 3.39. The van der Waals surface area contributed by atoms with Gasteiger partial charge in [0.1, 0.15) is 0 Å². The molecule has 0 saturated heterocycles. The van der Waals surface area contributed by atoms with Gasteiger partial charge in [0.2, 0.25) is 0 Å². The maximum Gasteiger partial charge on any atom is 0.279 e. The minimum absolute atomic E-state index is 0.211. The van der Waals surface area contributed by atoms with Crippen LogP contribution in [0.2, 0.25) is 0 Å². The first-order chi connectivity index (χ1) is 10.7. The number of rotatable bonds is 2. The van der Waals surface area contributed by atoms with Crippen LogP contribution in [-0.2, 0) is 7.05 Å². The SMILES string of the molecule is Cc1sc(=NC(=O)c2ccccc2)n(C)c1-c1ccccc1. The molecule has 3 nitrogen and oxygen atoms in total. The topological polar surface area (TPSA) is 34.4 Å². The molecule has 110 valence electrons. The second kappa shape index (κ2) is 6.12. The van der Waals surface area contributed by atoms with Crippen molar-refractivity contribution in [2.75, 3.05) is 0 Å². The van der Waals surface area contributed by atoms with Crippen molar-refractivity contribution in [2.45, 2.75) is 6.92 Å². The highest BCUT2D eigenvalue weighted by atomic mass is 32.1. The summed E-state index contributed by atoms with van der Waals surface area (Å²) in [6, 6.07) is 19.3. The van der Waals surface area contributed by atoms with Gasteiger partial charge in [0.05, 0.1) is 5.69 Å². The van der Waals surface area contributed by atoms with E-state index in [1.165, 1.54) is 11.3 Å².